The van der Waals surface area contributed by atoms with Crippen LogP contribution >= 0.6 is 0 Å². The monoisotopic (exact) mass is 401 g/mol. The van der Waals surface area contributed by atoms with Gasteiger partial charge in [0.15, 0.2) is 17.2 Å². The zero-order valence-corrected chi connectivity index (χ0v) is 16.3. The number of benzene rings is 4. The largest absolute Gasteiger partial charge is 0.455 e. The van der Waals surface area contributed by atoms with Gasteiger partial charge in [-0.2, -0.15) is 10.5 Å². The summed E-state index contributed by atoms with van der Waals surface area (Å²) in [5, 5.41) is 18.6. The van der Waals surface area contributed by atoms with Crippen LogP contribution < -0.4 is 14.4 Å². The first-order valence-electron chi connectivity index (χ1n) is 9.65. The van der Waals surface area contributed by atoms with Gasteiger partial charge in [-0.25, -0.2) is 0 Å². The maximum atomic E-state index is 9.29. The van der Waals surface area contributed by atoms with Crippen LogP contribution in [0.4, 0.5) is 17.1 Å². The van der Waals surface area contributed by atoms with Crippen LogP contribution in [-0.4, -0.2) is 0 Å². The molecule has 0 spiro atoms. The molecule has 0 atom stereocenters. The van der Waals surface area contributed by atoms with Gasteiger partial charge in [-0.1, -0.05) is 36.4 Å². The highest BCUT2D eigenvalue weighted by atomic mass is 16.5. The first kappa shape index (κ1) is 18.3. The van der Waals surface area contributed by atoms with E-state index >= 15 is 0 Å². The smallest absolute Gasteiger partial charge is 0.151 e. The molecule has 0 fully saturated rings. The third-order valence-corrected chi connectivity index (χ3v) is 4.93. The lowest BCUT2D eigenvalue weighted by molar-refractivity contribution is 0.472. The molecule has 146 valence electrons. The van der Waals surface area contributed by atoms with E-state index in [0.717, 1.165) is 28.6 Å². The Morgan fingerprint density at radius 3 is 1.74 bits per heavy atom. The Morgan fingerprint density at radius 1 is 0.645 bits per heavy atom. The molecule has 0 aromatic heterocycles. The minimum atomic E-state index is 0.369. The van der Waals surface area contributed by atoms with Gasteiger partial charge in [0.1, 0.15) is 5.75 Å². The lowest BCUT2D eigenvalue weighted by Crippen LogP contribution is -2.16. The van der Waals surface area contributed by atoms with Gasteiger partial charge < -0.3 is 9.47 Å². The lowest BCUT2D eigenvalue weighted by atomic mass is 10.1. The minimum absolute atomic E-state index is 0.369. The van der Waals surface area contributed by atoms with Gasteiger partial charge in [-0.15, -0.1) is 0 Å². The standard InChI is InChI=1S/C26H15N3O2/c27-16-18-13-19(17-28)15-20(14-18)30-24-10-4-1-7-21(24)29-22-8-2-5-11-25(22)31-26-12-6-3-9-23(26)29/h1-15H. The van der Waals surface area contributed by atoms with Crippen molar-refractivity contribution in [1.29, 1.82) is 10.5 Å². The van der Waals surface area contributed by atoms with E-state index in [9.17, 15) is 10.5 Å². The minimum Gasteiger partial charge on any atom is -0.455 e. The molecule has 1 heterocycles. The molecule has 0 bridgehead atoms. The fourth-order valence-corrected chi connectivity index (χ4v) is 3.61. The normalized spacial score (nSPS) is 11.4. The molecule has 0 radical (unpaired) electrons. The number of fused-ring (bicyclic) bond motifs is 2. The molecular weight excluding hydrogens is 386 g/mol. The van der Waals surface area contributed by atoms with Gasteiger partial charge in [0, 0.05) is 0 Å². The van der Waals surface area contributed by atoms with Crippen molar-refractivity contribution in [1.82, 2.24) is 0 Å². The number of nitrogens with zero attached hydrogens (tertiary/aromatic N) is 3. The second-order valence-electron chi connectivity index (χ2n) is 6.91. The summed E-state index contributed by atoms with van der Waals surface area (Å²) in [6.45, 7) is 0. The van der Waals surface area contributed by atoms with Crippen LogP contribution in [0.1, 0.15) is 11.1 Å². The summed E-state index contributed by atoms with van der Waals surface area (Å²) in [5.41, 5.74) is 3.33. The highest BCUT2D eigenvalue weighted by molar-refractivity contribution is 5.88. The number of anilines is 3. The molecule has 0 aliphatic carbocycles. The van der Waals surface area contributed by atoms with Crippen molar-refractivity contribution in [2.45, 2.75) is 0 Å². The van der Waals surface area contributed by atoms with Crippen molar-refractivity contribution in [2.24, 2.45) is 0 Å². The zero-order chi connectivity index (χ0) is 21.2. The molecule has 0 saturated heterocycles. The second kappa shape index (κ2) is 7.59. The molecule has 1 aliphatic heterocycles. The third kappa shape index (κ3) is 3.31. The predicted octanol–water partition coefficient (Wildman–Crippen LogP) is 6.80. The van der Waals surface area contributed by atoms with Crippen LogP contribution in [0.5, 0.6) is 23.0 Å². The summed E-state index contributed by atoms with van der Waals surface area (Å²) in [6.07, 6.45) is 0. The van der Waals surface area contributed by atoms with E-state index in [4.69, 9.17) is 9.47 Å². The topological polar surface area (TPSA) is 69.3 Å². The summed E-state index contributed by atoms with van der Waals surface area (Å²) < 4.78 is 12.3. The quantitative estimate of drug-likeness (QED) is 0.333. The number of ether oxygens (including phenoxy) is 2. The maximum absolute atomic E-state index is 9.29. The van der Waals surface area contributed by atoms with E-state index < -0.39 is 0 Å². The van der Waals surface area contributed by atoms with Gasteiger partial charge in [-0.3, -0.25) is 4.90 Å². The Hall–Kier alpha value is -4.74. The van der Waals surface area contributed by atoms with Gasteiger partial charge in [-0.05, 0) is 54.6 Å². The predicted molar refractivity (Wildman–Crippen MR) is 117 cm³/mol. The molecule has 1 aliphatic rings. The fraction of sp³-hybridized carbons (Fsp3) is 0. The summed E-state index contributed by atoms with van der Waals surface area (Å²) in [6, 6.07) is 32.2. The first-order valence-corrected chi connectivity index (χ1v) is 9.65. The number of hydrogen-bond donors (Lipinski definition) is 0. The van der Waals surface area contributed by atoms with Gasteiger partial charge >= 0.3 is 0 Å². The van der Waals surface area contributed by atoms with E-state index in [-0.39, 0.29) is 0 Å². The average Bonchev–Trinajstić information content (AvgIpc) is 2.82. The molecule has 31 heavy (non-hydrogen) atoms. The van der Waals surface area contributed by atoms with Gasteiger partial charge in [0.05, 0.1) is 40.3 Å². The SMILES string of the molecule is N#Cc1cc(C#N)cc(Oc2ccccc2N2c3ccccc3Oc3ccccc32)c1. The number of nitriles is 2. The Labute approximate surface area is 179 Å². The summed E-state index contributed by atoms with van der Waals surface area (Å²) in [7, 11) is 0. The average molecular weight is 401 g/mol. The van der Waals surface area contributed by atoms with Crippen LogP contribution in [0.2, 0.25) is 0 Å². The number of para-hydroxylation sites is 6. The zero-order valence-electron chi connectivity index (χ0n) is 16.3. The van der Waals surface area contributed by atoms with Crippen LogP contribution in [-0.2, 0) is 0 Å². The van der Waals surface area contributed by atoms with E-state index in [1.165, 1.54) is 6.07 Å². The fourth-order valence-electron chi connectivity index (χ4n) is 3.61. The summed E-state index contributed by atoms with van der Waals surface area (Å²) >= 11 is 0. The van der Waals surface area contributed by atoms with E-state index in [1.807, 2.05) is 72.8 Å². The van der Waals surface area contributed by atoms with Crippen molar-refractivity contribution < 1.29 is 9.47 Å². The van der Waals surface area contributed by atoms with Crippen LogP contribution in [0.3, 0.4) is 0 Å². The third-order valence-electron chi connectivity index (χ3n) is 4.93. The van der Waals surface area contributed by atoms with Crippen molar-refractivity contribution in [2.75, 3.05) is 4.90 Å². The van der Waals surface area contributed by atoms with Crippen molar-refractivity contribution in [3.05, 3.63) is 102 Å². The Morgan fingerprint density at radius 2 is 1.16 bits per heavy atom. The Bertz CT molecular complexity index is 1300. The molecule has 0 unspecified atom stereocenters. The van der Waals surface area contributed by atoms with Crippen molar-refractivity contribution >= 4 is 17.1 Å². The van der Waals surface area contributed by atoms with Crippen LogP contribution in [0.15, 0.2) is 91.0 Å². The second-order valence-corrected chi connectivity index (χ2v) is 6.91. The molecule has 4 aromatic carbocycles. The molecule has 0 N–H and O–H groups in total. The molecule has 5 rings (SSSR count). The Balaban J connectivity index is 1.65. The first-order chi connectivity index (χ1) is 15.3. The van der Waals surface area contributed by atoms with Gasteiger partial charge in [0.25, 0.3) is 0 Å². The molecule has 5 heteroatoms. The number of hydrogen-bond acceptors (Lipinski definition) is 5. The summed E-state index contributed by atoms with van der Waals surface area (Å²) in [4.78, 5) is 2.09. The molecule has 4 aromatic rings. The van der Waals surface area contributed by atoms with Gasteiger partial charge in [0.2, 0.25) is 0 Å². The Kier molecular flexibility index (Phi) is 4.48. The van der Waals surface area contributed by atoms with Crippen LogP contribution in [0, 0.1) is 22.7 Å². The molecule has 0 amide bonds. The van der Waals surface area contributed by atoms with Crippen molar-refractivity contribution in [3.63, 3.8) is 0 Å². The maximum Gasteiger partial charge on any atom is 0.151 e. The van der Waals surface area contributed by atoms with E-state index in [0.29, 0.717) is 22.6 Å². The highest BCUT2D eigenvalue weighted by Gasteiger charge is 2.27. The molecule has 0 saturated carbocycles. The van der Waals surface area contributed by atoms with E-state index in [2.05, 4.69) is 17.0 Å². The lowest BCUT2D eigenvalue weighted by Gasteiger charge is -2.33. The molecular formula is C26H15N3O2. The highest BCUT2D eigenvalue weighted by Crippen LogP contribution is 2.52. The summed E-state index contributed by atoms with van der Waals surface area (Å²) in [5.74, 6) is 2.51. The molecule has 5 nitrogen and oxygen atoms in total. The van der Waals surface area contributed by atoms with Crippen LogP contribution in [0.25, 0.3) is 0 Å². The van der Waals surface area contributed by atoms with Crippen molar-refractivity contribution in [3.8, 4) is 35.1 Å². The number of rotatable bonds is 3. The van der Waals surface area contributed by atoms with E-state index in [1.54, 1.807) is 12.1 Å².